The lowest BCUT2D eigenvalue weighted by Crippen LogP contribution is -2.33. The van der Waals surface area contributed by atoms with E-state index in [4.69, 9.17) is 28.3 Å². The van der Waals surface area contributed by atoms with E-state index in [0.717, 1.165) is 35.3 Å². The lowest BCUT2D eigenvalue weighted by Gasteiger charge is -2.32. The third-order valence-electron chi connectivity index (χ3n) is 6.72. The van der Waals surface area contributed by atoms with Crippen LogP contribution >= 0.6 is 23.2 Å². The van der Waals surface area contributed by atoms with Gasteiger partial charge in [-0.25, -0.2) is 5.01 Å². The molecule has 0 unspecified atom stereocenters. The standard InChI is InChI=1S/C28H23Cl2N3O3/c1-17-14-21(16-18-2-8-22(29)9-3-18)26-25(15-17)27(19-4-10-23(30)11-5-19)32(31-26)28(34)20-6-12-24(13-7-20)33(35)36/h2-13,16-17,25,27H,14-15H2,1H3/b21-16+/t17-,25+,27+/m1/s1. The summed E-state index contributed by atoms with van der Waals surface area (Å²) < 4.78 is 0. The summed E-state index contributed by atoms with van der Waals surface area (Å²) in [5, 5.41) is 18.8. The number of fused-ring (bicyclic) bond motifs is 1. The van der Waals surface area contributed by atoms with Crippen LogP contribution in [-0.2, 0) is 0 Å². The lowest BCUT2D eigenvalue weighted by atomic mass is 9.73. The van der Waals surface area contributed by atoms with E-state index in [2.05, 4.69) is 13.0 Å². The molecule has 1 saturated carbocycles. The summed E-state index contributed by atoms with van der Waals surface area (Å²) in [4.78, 5) is 24.3. The van der Waals surface area contributed by atoms with Gasteiger partial charge in [0, 0.05) is 33.7 Å². The average molecular weight is 520 g/mol. The molecule has 3 atom stereocenters. The topological polar surface area (TPSA) is 75.8 Å². The minimum Gasteiger partial charge on any atom is -0.267 e. The molecule has 0 saturated heterocycles. The molecular weight excluding hydrogens is 497 g/mol. The van der Waals surface area contributed by atoms with Crippen molar-refractivity contribution in [1.82, 2.24) is 5.01 Å². The summed E-state index contributed by atoms with van der Waals surface area (Å²) >= 11 is 12.2. The molecule has 3 aromatic rings. The summed E-state index contributed by atoms with van der Waals surface area (Å²) in [6.45, 7) is 2.21. The van der Waals surface area contributed by atoms with Gasteiger partial charge in [0.25, 0.3) is 11.6 Å². The predicted molar refractivity (Wildman–Crippen MR) is 142 cm³/mol. The Balaban J connectivity index is 1.58. The molecule has 2 aliphatic rings. The molecule has 0 aromatic heterocycles. The van der Waals surface area contributed by atoms with Crippen LogP contribution in [0.25, 0.3) is 6.08 Å². The van der Waals surface area contributed by atoms with Crippen LogP contribution in [0.2, 0.25) is 10.0 Å². The van der Waals surface area contributed by atoms with E-state index in [9.17, 15) is 14.9 Å². The first-order chi connectivity index (χ1) is 17.3. The first-order valence-corrected chi connectivity index (χ1v) is 12.4. The van der Waals surface area contributed by atoms with E-state index in [-0.39, 0.29) is 23.6 Å². The molecule has 5 rings (SSSR count). The predicted octanol–water partition coefficient (Wildman–Crippen LogP) is 7.58. The van der Waals surface area contributed by atoms with Gasteiger partial charge in [0.2, 0.25) is 0 Å². The van der Waals surface area contributed by atoms with Crippen LogP contribution in [0, 0.1) is 22.0 Å². The maximum atomic E-state index is 13.7. The number of nitro groups is 1. The summed E-state index contributed by atoms with van der Waals surface area (Å²) in [6, 6.07) is 20.5. The maximum absolute atomic E-state index is 13.7. The van der Waals surface area contributed by atoms with E-state index in [0.29, 0.717) is 21.5 Å². The molecule has 1 aliphatic heterocycles. The molecule has 8 heteroatoms. The van der Waals surface area contributed by atoms with Crippen LogP contribution < -0.4 is 0 Å². The highest BCUT2D eigenvalue weighted by atomic mass is 35.5. The number of nitrogens with zero attached hydrogens (tertiary/aromatic N) is 3. The minimum absolute atomic E-state index is 0.00970. The van der Waals surface area contributed by atoms with Crippen molar-refractivity contribution in [2.45, 2.75) is 25.8 Å². The molecule has 0 radical (unpaired) electrons. The van der Waals surface area contributed by atoms with Crippen LogP contribution in [0.3, 0.4) is 0 Å². The summed E-state index contributed by atoms with van der Waals surface area (Å²) in [6.07, 6.45) is 3.86. The van der Waals surface area contributed by atoms with Gasteiger partial charge in [-0.05, 0) is 77.9 Å². The minimum atomic E-state index is -0.482. The van der Waals surface area contributed by atoms with Crippen molar-refractivity contribution in [3.05, 3.63) is 115 Å². The number of carbonyl (C=O) groups is 1. The first kappa shape index (κ1) is 24.2. The highest BCUT2D eigenvalue weighted by Crippen LogP contribution is 2.46. The van der Waals surface area contributed by atoms with Gasteiger partial charge in [-0.3, -0.25) is 14.9 Å². The van der Waals surface area contributed by atoms with Crippen molar-refractivity contribution in [2.24, 2.45) is 16.9 Å². The molecular formula is C28H23Cl2N3O3. The zero-order valence-corrected chi connectivity index (χ0v) is 21.0. The van der Waals surface area contributed by atoms with Crippen LogP contribution in [0.1, 0.15) is 47.3 Å². The molecule has 1 fully saturated rings. The van der Waals surface area contributed by atoms with Crippen molar-refractivity contribution in [2.75, 3.05) is 0 Å². The van der Waals surface area contributed by atoms with Gasteiger partial charge in [0.05, 0.1) is 16.7 Å². The number of amides is 1. The third kappa shape index (κ3) is 4.79. The number of allylic oxidation sites excluding steroid dienone is 1. The molecule has 1 heterocycles. The number of nitro benzene ring substituents is 1. The van der Waals surface area contributed by atoms with E-state index in [1.54, 1.807) is 0 Å². The first-order valence-electron chi connectivity index (χ1n) is 11.7. The number of halogens is 2. The number of carbonyl (C=O) groups excluding carboxylic acids is 1. The van der Waals surface area contributed by atoms with Crippen molar-refractivity contribution < 1.29 is 9.72 Å². The zero-order valence-electron chi connectivity index (χ0n) is 19.5. The van der Waals surface area contributed by atoms with Crippen molar-refractivity contribution in [3.63, 3.8) is 0 Å². The Kier molecular flexibility index (Phi) is 6.65. The molecule has 0 spiro atoms. The number of rotatable bonds is 4. The fourth-order valence-corrected chi connectivity index (χ4v) is 5.32. The molecule has 36 heavy (non-hydrogen) atoms. The number of hydrogen-bond donors (Lipinski definition) is 0. The Morgan fingerprint density at radius 3 is 2.22 bits per heavy atom. The number of benzene rings is 3. The van der Waals surface area contributed by atoms with Crippen LogP contribution in [0.5, 0.6) is 0 Å². The number of hydrazone groups is 1. The highest BCUT2D eigenvalue weighted by molar-refractivity contribution is 6.30. The maximum Gasteiger partial charge on any atom is 0.274 e. The molecule has 1 amide bonds. The van der Waals surface area contributed by atoms with Crippen LogP contribution in [0.4, 0.5) is 5.69 Å². The van der Waals surface area contributed by atoms with Gasteiger partial charge in [-0.15, -0.1) is 0 Å². The summed E-state index contributed by atoms with van der Waals surface area (Å²) in [5.41, 5.74) is 4.24. The smallest absolute Gasteiger partial charge is 0.267 e. The van der Waals surface area contributed by atoms with E-state index in [1.165, 1.54) is 29.3 Å². The fraction of sp³-hybridized carbons (Fsp3) is 0.214. The normalized spacial score (nSPS) is 22.3. The van der Waals surface area contributed by atoms with Gasteiger partial charge in [-0.1, -0.05) is 54.4 Å². The Bertz CT molecular complexity index is 1370. The Morgan fingerprint density at radius 1 is 1.00 bits per heavy atom. The SMILES string of the molecule is C[C@@H]1C/C(=C\c2ccc(Cl)cc2)C2=NN(C(=O)c3ccc([N+](=O)[O-])cc3)[C@@H](c3ccc(Cl)cc3)[C@H]2C1. The Hall–Kier alpha value is -3.48. The van der Waals surface area contributed by atoms with Crippen LogP contribution in [-0.4, -0.2) is 21.6 Å². The lowest BCUT2D eigenvalue weighted by molar-refractivity contribution is -0.384. The van der Waals surface area contributed by atoms with Gasteiger partial charge < -0.3 is 0 Å². The van der Waals surface area contributed by atoms with Gasteiger partial charge in [-0.2, -0.15) is 5.10 Å². The second-order valence-electron chi connectivity index (χ2n) is 9.31. The molecule has 1 aliphatic carbocycles. The number of non-ortho nitro benzene ring substituents is 1. The molecule has 3 aromatic carbocycles. The van der Waals surface area contributed by atoms with Gasteiger partial charge in [0.1, 0.15) is 0 Å². The summed E-state index contributed by atoms with van der Waals surface area (Å²) in [5.74, 6) is 0.109. The Labute approximate surface area is 219 Å². The molecule has 6 nitrogen and oxygen atoms in total. The zero-order chi connectivity index (χ0) is 25.4. The quantitative estimate of drug-likeness (QED) is 0.263. The fourth-order valence-electron chi connectivity index (χ4n) is 5.07. The second kappa shape index (κ2) is 9.88. The van der Waals surface area contributed by atoms with Gasteiger partial charge in [0.15, 0.2) is 0 Å². The van der Waals surface area contributed by atoms with Crippen molar-refractivity contribution >= 4 is 46.6 Å². The Morgan fingerprint density at radius 2 is 1.61 bits per heavy atom. The average Bonchev–Trinajstić information content (AvgIpc) is 3.25. The molecule has 0 bridgehead atoms. The highest BCUT2D eigenvalue weighted by Gasteiger charge is 2.45. The summed E-state index contributed by atoms with van der Waals surface area (Å²) in [7, 11) is 0. The number of hydrogen-bond acceptors (Lipinski definition) is 4. The second-order valence-corrected chi connectivity index (χ2v) is 10.2. The van der Waals surface area contributed by atoms with Crippen molar-refractivity contribution in [1.29, 1.82) is 0 Å². The van der Waals surface area contributed by atoms with E-state index in [1.807, 2.05) is 48.5 Å². The largest absolute Gasteiger partial charge is 0.274 e. The molecule has 0 N–H and O–H groups in total. The monoisotopic (exact) mass is 519 g/mol. The molecule has 182 valence electrons. The van der Waals surface area contributed by atoms with Gasteiger partial charge >= 0.3 is 0 Å². The van der Waals surface area contributed by atoms with Crippen LogP contribution in [0.15, 0.2) is 83.5 Å². The third-order valence-corrected chi connectivity index (χ3v) is 7.22. The van der Waals surface area contributed by atoms with E-state index >= 15 is 0 Å². The van der Waals surface area contributed by atoms with E-state index < -0.39 is 4.92 Å². The van der Waals surface area contributed by atoms with Crippen molar-refractivity contribution in [3.8, 4) is 0 Å².